The lowest BCUT2D eigenvalue weighted by atomic mass is 10.2. The van der Waals surface area contributed by atoms with Crippen LogP contribution in [0, 0.1) is 6.92 Å². The monoisotopic (exact) mass is 194 g/mol. The molecule has 3 nitrogen and oxygen atoms in total. The second-order valence-corrected chi connectivity index (χ2v) is 3.60. The number of aryl methyl sites for hydroxylation is 1. The van der Waals surface area contributed by atoms with E-state index in [1.54, 1.807) is 0 Å². The number of aliphatic hydroxyl groups is 1. The van der Waals surface area contributed by atoms with E-state index in [0.29, 0.717) is 6.04 Å². The van der Waals surface area contributed by atoms with E-state index in [-0.39, 0.29) is 6.61 Å². The largest absolute Gasteiger partial charge is 0.396 e. The molecule has 0 saturated carbocycles. The molecule has 0 saturated heterocycles. The van der Waals surface area contributed by atoms with Gasteiger partial charge in [0.25, 0.3) is 0 Å². The highest BCUT2D eigenvalue weighted by Crippen LogP contribution is 2.09. The van der Waals surface area contributed by atoms with E-state index in [4.69, 9.17) is 5.11 Å². The minimum Gasteiger partial charge on any atom is -0.396 e. The van der Waals surface area contributed by atoms with Crippen molar-refractivity contribution >= 4 is 5.69 Å². The molecular formula is C11H18N2O. The summed E-state index contributed by atoms with van der Waals surface area (Å²) >= 11 is 0. The number of anilines is 1. The summed E-state index contributed by atoms with van der Waals surface area (Å²) in [5.41, 5.74) is 2.07. The van der Waals surface area contributed by atoms with Crippen LogP contribution in [0.25, 0.3) is 0 Å². The van der Waals surface area contributed by atoms with Gasteiger partial charge in [-0.25, -0.2) is 0 Å². The molecule has 2 N–H and O–H groups in total. The zero-order chi connectivity index (χ0) is 10.4. The van der Waals surface area contributed by atoms with E-state index in [1.807, 2.05) is 25.3 Å². The maximum Gasteiger partial charge on any atom is 0.0528 e. The molecular weight excluding hydrogens is 176 g/mol. The van der Waals surface area contributed by atoms with E-state index in [9.17, 15) is 0 Å². The van der Waals surface area contributed by atoms with Crippen LogP contribution in [0.1, 0.15) is 25.5 Å². The Morgan fingerprint density at radius 3 is 2.86 bits per heavy atom. The van der Waals surface area contributed by atoms with Crippen molar-refractivity contribution in [2.75, 3.05) is 11.9 Å². The van der Waals surface area contributed by atoms with Crippen LogP contribution in [0.4, 0.5) is 5.69 Å². The predicted molar refractivity (Wildman–Crippen MR) is 58.4 cm³/mol. The van der Waals surface area contributed by atoms with Gasteiger partial charge in [0.2, 0.25) is 0 Å². The number of nitrogens with zero attached hydrogens (tertiary/aromatic N) is 1. The number of nitrogens with one attached hydrogen (secondary N) is 1. The molecule has 3 heteroatoms. The normalized spacial score (nSPS) is 12.5. The smallest absolute Gasteiger partial charge is 0.0528 e. The molecule has 1 unspecified atom stereocenters. The number of pyridine rings is 1. The number of aliphatic hydroxyl groups excluding tert-OH is 1. The van der Waals surface area contributed by atoms with Crippen LogP contribution >= 0.6 is 0 Å². The van der Waals surface area contributed by atoms with Crippen LogP contribution in [-0.2, 0) is 0 Å². The maximum atomic E-state index is 8.68. The summed E-state index contributed by atoms with van der Waals surface area (Å²) in [4.78, 5) is 4.20. The molecule has 0 fully saturated rings. The molecule has 0 radical (unpaired) electrons. The molecule has 1 aromatic heterocycles. The first kappa shape index (κ1) is 11.0. The van der Waals surface area contributed by atoms with Crippen LogP contribution in [-0.4, -0.2) is 22.7 Å². The number of rotatable bonds is 5. The molecule has 0 spiro atoms. The van der Waals surface area contributed by atoms with Crippen molar-refractivity contribution in [2.45, 2.75) is 32.7 Å². The molecule has 1 aromatic rings. The Bertz CT molecular complexity index is 258. The van der Waals surface area contributed by atoms with Gasteiger partial charge in [-0.15, -0.1) is 0 Å². The molecule has 0 aliphatic carbocycles. The topological polar surface area (TPSA) is 45.1 Å². The van der Waals surface area contributed by atoms with Crippen molar-refractivity contribution in [3.05, 3.63) is 24.0 Å². The predicted octanol–water partition coefficient (Wildman–Crippen LogP) is 1.96. The second kappa shape index (κ2) is 5.60. The molecule has 78 valence electrons. The highest BCUT2D eigenvalue weighted by atomic mass is 16.2. The summed E-state index contributed by atoms with van der Waals surface area (Å²) in [6, 6.07) is 4.39. The first-order valence-corrected chi connectivity index (χ1v) is 5.02. The van der Waals surface area contributed by atoms with Crippen molar-refractivity contribution in [3.63, 3.8) is 0 Å². The summed E-state index contributed by atoms with van der Waals surface area (Å²) < 4.78 is 0. The van der Waals surface area contributed by atoms with E-state index in [2.05, 4.69) is 17.2 Å². The van der Waals surface area contributed by atoms with Crippen LogP contribution in [0.3, 0.4) is 0 Å². The first-order chi connectivity index (χ1) is 6.72. The molecule has 0 aromatic carbocycles. The third-order valence-corrected chi connectivity index (χ3v) is 2.12. The van der Waals surface area contributed by atoms with Crippen LogP contribution in [0.2, 0.25) is 0 Å². The Morgan fingerprint density at radius 1 is 1.50 bits per heavy atom. The van der Waals surface area contributed by atoms with Gasteiger partial charge >= 0.3 is 0 Å². The zero-order valence-corrected chi connectivity index (χ0v) is 8.83. The van der Waals surface area contributed by atoms with E-state index in [0.717, 1.165) is 24.2 Å². The first-order valence-electron chi connectivity index (χ1n) is 5.02. The van der Waals surface area contributed by atoms with Crippen LogP contribution < -0.4 is 5.32 Å². The number of hydrogen-bond donors (Lipinski definition) is 2. The minimum absolute atomic E-state index is 0.262. The lowest BCUT2D eigenvalue weighted by Gasteiger charge is -2.14. The summed E-state index contributed by atoms with van der Waals surface area (Å²) in [7, 11) is 0. The zero-order valence-electron chi connectivity index (χ0n) is 8.83. The van der Waals surface area contributed by atoms with Gasteiger partial charge in [-0.2, -0.15) is 0 Å². The van der Waals surface area contributed by atoms with Gasteiger partial charge in [-0.3, -0.25) is 4.98 Å². The molecule has 0 amide bonds. The average molecular weight is 194 g/mol. The molecule has 1 heterocycles. The third-order valence-electron chi connectivity index (χ3n) is 2.12. The van der Waals surface area contributed by atoms with Gasteiger partial charge in [0, 0.05) is 18.3 Å². The van der Waals surface area contributed by atoms with Crippen molar-refractivity contribution in [3.8, 4) is 0 Å². The van der Waals surface area contributed by atoms with E-state index < -0.39 is 0 Å². The van der Waals surface area contributed by atoms with Crippen molar-refractivity contribution < 1.29 is 5.11 Å². The summed E-state index contributed by atoms with van der Waals surface area (Å²) in [6.07, 6.45) is 3.66. The minimum atomic E-state index is 0.262. The van der Waals surface area contributed by atoms with Gasteiger partial charge in [0.15, 0.2) is 0 Å². The molecule has 1 rings (SSSR count). The maximum absolute atomic E-state index is 8.68. The van der Waals surface area contributed by atoms with Gasteiger partial charge in [-0.05, 0) is 38.8 Å². The lowest BCUT2D eigenvalue weighted by molar-refractivity contribution is 0.282. The summed E-state index contributed by atoms with van der Waals surface area (Å²) in [5, 5.41) is 12.0. The molecule has 0 aliphatic rings. The van der Waals surface area contributed by atoms with Crippen molar-refractivity contribution in [1.29, 1.82) is 0 Å². The van der Waals surface area contributed by atoms with Crippen molar-refractivity contribution in [2.24, 2.45) is 0 Å². The third kappa shape index (κ3) is 3.75. The van der Waals surface area contributed by atoms with Crippen LogP contribution in [0.15, 0.2) is 18.3 Å². The quantitative estimate of drug-likeness (QED) is 0.753. The molecule has 14 heavy (non-hydrogen) atoms. The highest BCUT2D eigenvalue weighted by Gasteiger charge is 2.00. The summed E-state index contributed by atoms with van der Waals surface area (Å²) in [5.74, 6) is 0. The summed E-state index contributed by atoms with van der Waals surface area (Å²) in [6.45, 7) is 4.34. The molecule has 0 aliphatic heterocycles. The van der Waals surface area contributed by atoms with Gasteiger partial charge in [0.05, 0.1) is 11.9 Å². The molecule has 1 atom stereocenters. The van der Waals surface area contributed by atoms with Crippen molar-refractivity contribution in [1.82, 2.24) is 4.98 Å². The Hall–Kier alpha value is -1.09. The number of hydrogen-bond acceptors (Lipinski definition) is 3. The average Bonchev–Trinajstić information content (AvgIpc) is 2.18. The van der Waals surface area contributed by atoms with Gasteiger partial charge < -0.3 is 10.4 Å². The Morgan fingerprint density at radius 2 is 2.29 bits per heavy atom. The fraction of sp³-hybridized carbons (Fsp3) is 0.545. The Kier molecular flexibility index (Phi) is 4.40. The molecule has 0 bridgehead atoms. The standard InChI is InChI=1S/C11H18N2O/c1-9-5-6-11(8-12-9)13-10(2)4-3-7-14/h5-6,8,10,13-14H,3-4,7H2,1-2H3. The lowest BCUT2D eigenvalue weighted by Crippen LogP contribution is -2.15. The Labute approximate surface area is 85.2 Å². The SMILES string of the molecule is Cc1ccc(NC(C)CCCO)cn1. The van der Waals surface area contributed by atoms with Gasteiger partial charge in [0.1, 0.15) is 0 Å². The Balaban J connectivity index is 2.39. The van der Waals surface area contributed by atoms with Gasteiger partial charge in [-0.1, -0.05) is 0 Å². The van der Waals surface area contributed by atoms with Crippen LogP contribution in [0.5, 0.6) is 0 Å². The van der Waals surface area contributed by atoms with E-state index >= 15 is 0 Å². The van der Waals surface area contributed by atoms with E-state index in [1.165, 1.54) is 0 Å². The fourth-order valence-electron chi connectivity index (χ4n) is 1.31. The highest BCUT2D eigenvalue weighted by molar-refractivity contribution is 5.41. The second-order valence-electron chi connectivity index (χ2n) is 3.60. The fourth-order valence-corrected chi connectivity index (χ4v) is 1.31. The number of aromatic nitrogens is 1.